The fourth-order valence-corrected chi connectivity index (χ4v) is 3.86. The Morgan fingerprint density at radius 1 is 0.833 bits per heavy atom. The van der Waals surface area contributed by atoms with E-state index in [1.54, 1.807) is 0 Å². The van der Waals surface area contributed by atoms with Gasteiger partial charge < -0.3 is 14.7 Å². The van der Waals surface area contributed by atoms with Crippen LogP contribution in [0.4, 0.5) is 0 Å². The Kier molecular flexibility index (Phi) is 4.22. The molecule has 0 aromatic heterocycles. The molecule has 2 saturated carbocycles. The van der Waals surface area contributed by atoms with Gasteiger partial charge in [0.25, 0.3) is 0 Å². The number of rotatable bonds is 6. The van der Waals surface area contributed by atoms with Crippen LogP contribution in [0.5, 0.6) is 0 Å². The van der Waals surface area contributed by atoms with Gasteiger partial charge in [0.2, 0.25) is 0 Å². The molecule has 3 fully saturated rings. The van der Waals surface area contributed by atoms with E-state index >= 15 is 0 Å². The number of aliphatic hydroxyl groups excluding tert-OH is 1. The summed E-state index contributed by atoms with van der Waals surface area (Å²) in [6, 6.07) is 0. The Balaban J connectivity index is 1.48. The normalized spacial score (nSPS) is 33.7. The van der Waals surface area contributed by atoms with E-state index in [9.17, 15) is 5.11 Å². The van der Waals surface area contributed by atoms with Gasteiger partial charge in [0.1, 0.15) is 6.10 Å². The monoisotopic (exact) mass is 253 g/mol. The molecule has 104 valence electrons. The van der Waals surface area contributed by atoms with Gasteiger partial charge in [-0.25, -0.2) is 0 Å². The molecular weight excluding hydrogens is 226 g/mol. The summed E-state index contributed by atoms with van der Waals surface area (Å²) in [6.45, 7) is 3.43. The van der Waals surface area contributed by atoms with Gasteiger partial charge in [-0.3, -0.25) is 0 Å². The highest BCUT2D eigenvalue weighted by Gasteiger charge is 2.39. The average molecular weight is 253 g/mol. The summed E-state index contributed by atoms with van der Waals surface area (Å²) in [5.41, 5.74) is 0. The van der Waals surface area contributed by atoms with Crippen LogP contribution in [0, 0.1) is 11.8 Å². The largest absolute Gasteiger partial charge is 0.366 e. The van der Waals surface area contributed by atoms with Crippen LogP contribution < -0.4 is 0 Å². The lowest BCUT2D eigenvalue weighted by atomic mass is 10.0. The van der Waals surface area contributed by atoms with Crippen LogP contribution in [0.15, 0.2) is 0 Å². The second-order valence-electron chi connectivity index (χ2n) is 6.58. The smallest absolute Gasteiger partial charge is 0.183 e. The Hall–Kier alpha value is -0.120. The lowest BCUT2D eigenvalue weighted by molar-refractivity contribution is 0.154. The molecule has 2 aliphatic carbocycles. The number of epoxide rings is 1. The van der Waals surface area contributed by atoms with Crippen LogP contribution in [0.1, 0.15) is 51.4 Å². The standard InChI is InChI=1S/C15H27NO2/c17-15-14(18-15)11-16(9-12-5-1-2-6-12)10-13-7-3-4-8-13/h12-15,17H,1-11H2. The van der Waals surface area contributed by atoms with Crippen molar-refractivity contribution in [3.63, 3.8) is 0 Å². The fourth-order valence-electron chi connectivity index (χ4n) is 3.86. The summed E-state index contributed by atoms with van der Waals surface area (Å²) in [5.74, 6) is 1.81. The van der Waals surface area contributed by atoms with Gasteiger partial charge in [-0.1, -0.05) is 25.7 Å². The van der Waals surface area contributed by atoms with Gasteiger partial charge in [-0.05, 0) is 37.5 Å². The first kappa shape index (κ1) is 12.9. The molecule has 1 N–H and O–H groups in total. The lowest BCUT2D eigenvalue weighted by Gasteiger charge is -2.27. The third-order valence-electron chi connectivity index (χ3n) is 4.98. The summed E-state index contributed by atoms with van der Waals surface area (Å²) in [5, 5.41) is 9.35. The molecule has 18 heavy (non-hydrogen) atoms. The van der Waals surface area contributed by atoms with E-state index in [1.807, 2.05) is 0 Å². The van der Waals surface area contributed by atoms with E-state index in [4.69, 9.17) is 4.74 Å². The molecule has 0 bridgehead atoms. The molecule has 0 amide bonds. The minimum Gasteiger partial charge on any atom is -0.366 e. The summed E-state index contributed by atoms with van der Waals surface area (Å²) < 4.78 is 5.19. The van der Waals surface area contributed by atoms with Crippen LogP contribution in [0.3, 0.4) is 0 Å². The summed E-state index contributed by atoms with van der Waals surface area (Å²) in [7, 11) is 0. The van der Waals surface area contributed by atoms with Crippen molar-refractivity contribution >= 4 is 0 Å². The topological polar surface area (TPSA) is 36.0 Å². The fraction of sp³-hybridized carbons (Fsp3) is 1.00. The van der Waals surface area contributed by atoms with Crippen molar-refractivity contribution in [2.45, 2.75) is 63.8 Å². The molecule has 3 aliphatic rings. The minimum atomic E-state index is -0.473. The Morgan fingerprint density at radius 3 is 1.67 bits per heavy atom. The molecule has 1 saturated heterocycles. The van der Waals surface area contributed by atoms with Crippen LogP contribution in [0.2, 0.25) is 0 Å². The highest BCUT2D eigenvalue weighted by molar-refractivity contribution is 4.83. The van der Waals surface area contributed by atoms with E-state index in [0.29, 0.717) is 0 Å². The third kappa shape index (κ3) is 3.46. The first-order valence-corrected chi connectivity index (χ1v) is 7.87. The molecule has 1 heterocycles. The van der Waals surface area contributed by atoms with Gasteiger partial charge in [-0.2, -0.15) is 0 Å². The number of nitrogens with zero attached hydrogens (tertiary/aromatic N) is 1. The van der Waals surface area contributed by atoms with E-state index in [1.165, 1.54) is 64.5 Å². The van der Waals surface area contributed by atoms with E-state index in [-0.39, 0.29) is 6.10 Å². The molecule has 2 atom stereocenters. The molecule has 0 spiro atoms. The molecule has 0 aromatic carbocycles. The van der Waals surface area contributed by atoms with Crippen molar-refractivity contribution in [3.8, 4) is 0 Å². The third-order valence-corrected chi connectivity index (χ3v) is 4.98. The number of aliphatic hydroxyl groups is 1. The molecule has 3 rings (SSSR count). The second kappa shape index (κ2) is 5.89. The van der Waals surface area contributed by atoms with Crippen LogP contribution >= 0.6 is 0 Å². The first-order chi connectivity index (χ1) is 8.81. The first-order valence-electron chi connectivity index (χ1n) is 7.87. The Morgan fingerprint density at radius 2 is 1.28 bits per heavy atom. The second-order valence-corrected chi connectivity index (χ2v) is 6.58. The van der Waals surface area contributed by atoms with Crippen molar-refractivity contribution in [2.24, 2.45) is 11.8 Å². The van der Waals surface area contributed by atoms with Crippen LogP contribution in [0.25, 0.3) is 0 Å². The highest BCUT2D eigenvalue weighted by atomic mass is 16.7. The number of hydrogen-bond donors (Lipinski definition) is 1. The molecule has 0 aromatic rings. The molecular formula is C15H27NO2. The summed E-state index contributed by atoms with van der Waals surface area (Å²) in [6.07, 6.45) is 11.0. The molecule has 0 radical (unpaired) electrons. The summed E-state index contributed by atoms with van der Waals surface area (Å²) in [4.78, 5) is 2.59. The quantitative estimate of drug-likeness (QED) is 0.738. The molecule has 3 nitrogen and oxygen atoms in total. The number of hydrogen-bond acceptors (Lipinski definition) is 3. The van der Waals surface area contributed by atoms with E-state index in [0.717, 1.165) is 18.4 Å². The summed E-state index contributed by atoms with van der Waals surface area (Å²) >= 11 is 0. The molecule has 3 heteroatoms. The molecule has 1 aliphatic heterocycles. The Labute approximate surface area is 110 Å². The average Bonchev–Trinajstić information content (AvgIpc) is 2.82. The zero-order chi connectivity index (χ0) is 12.4. The zero-order valence-electron chi connectivity index (χ0n) is 11.4. The van der Waals surface area contributed by atoms with E-state index in [2.05, 4.69) is 4.90 Å². The highest BCUT2D eigenvalue weighted by Crippen LogP contribution is 2.30. The molecule has 2 unspecified atom stereocenters. The maximum Gasteiger partial charge on any atom is 0.183 e. The van der Waals surface area contributed by atoms with Crippen LogP contribution in [-0.4, -0.2) is 42.0 Å². The van der Waals surface area contributed by atoms with Gasteiger partial charge in [-0.15, -0.1) is 0 Å². The lowest BCUT2D eigenvalue weighted by Crippen LogP contribution is -2.36. The predicted octanol–water partition coefficient (Wildman–Crippen LogP) is 2.39. The van der Waals surface area contributed by atoms with E-state index < -0.39 is 6.29 Å². The minimum absolute atomic E-state index is 0.104. The van der Waals surface area contributed by atoms with Gasteiger partial charge in [0.05, 0.1) is 0 Å². The van der Waals surface area contributed by atoms with Crippen LogP contribution in [-0.2, 0) is 4.74 Å². The maximum absolute atomic E-state index is 9.35. The van der Waals surface area contributed by atoms with Crippen molar-refractivity contribution < 1.29 is 9.84 Å². The van der Waals surface area contributed by atoms with Crippen molar-refractivity contribution in [3.05, 3.63) is 0 Å². The van der Waals surface area contributed by atoms with Crippen molar-refractivity contribution in [2.75, 3.05) is 19.6 Å². The van der Waals surface area contributed by atoms with Gasteiger partial charge >= 0.3 is 0 Å². The zero-order valence-corrected chi connectivity index (χ0v) is 11.4. The van der Waals surface area contributed by atoms with Crippen molar-refractivity contribution in [1.82, 2.24) is 4.90 Å². The predicted molar refractivity (Wildman–Crippen MR) is 71.2 cm³/mol. The Bertz CT molecular complexity index is 241. The maximum atomic E-state index is 9.35. The van der Waals surface area contributed by atoms with Gasteiger partial charge in [0, 0.05) is 19.6 Å². The van der Waals surface area contributed by atoms with Gasteiger partial charge in [0.15, 0.2) is 6.29 Å². The SMILES string of the molecule is OC1OC1CN(CC1CCCC1)CC1CCCC1. The van der Waals surface area contributed by atoms with Crippen molar-refractivity contribution in [1.29, 1.82) is 0 Å². The number of ether oxygens (including phenoxy) is 1.